The first-order valence-electron chi connectivity index (χ1n) is 18.2. The Kier molecular flexibility index (Phi) is 12.7. The summed E-state index contributed by atoms with van der Waals surface area (Å²) in [5, 5.41) is 0. The summed E-state index contributed by atoms with van der Waals surface area (Å²) in [5.74, 6) is 0.886. The molecule has 0 radical (unpaired) electrons. The molecule has 258 valence electrons. The van der Waals surface area contributed by atoms with Gasteiger partial charge in [-0.2, -0.15) is 0 Å². The summed E-state index contributed by atoms with van der Waals surface area (Å²) < 4.78 is 5.27. The van der Waals surface area contributed by atoms with E-state index in [9.17, 15) is 0 Å². The van der Waals surface area contributed by atoms with Crippen molar-refractivity contribution in [3.05, 3.63) is 172 Å². The zero-order chi connectivity index (χ0) is 36.3. The predicted molar refractivity (Wildman–Crippen MR) is 224 cm³/mol. The van der Waals surface area contributed by atoms with Gasteiger partial charge < -0.3 is 4.74 Å². The zero-order valence-corrected chi connectivity index (χ0v) is 31.7. The summed E-state index contributed by atoms with van der Waals surface area (Å²) >= 11 is 0. The number of ether oxygens (including phenoxy) is 1. The van der Waals surface area contributed by atoms with Gasteiger partial charge in [0.1, 0.15) is 5.75 Å². The molecule has 0 amide bonds. The van der Waals surface area contributed by atoms with E-state index in [2.05, 4.69) is 182 Å². The summed E-state index contributed by atoms with van der Waals surface area (Å²) in [6, 6.07) is 43.7. The molecule has 0 saturated heterocycles. The molecule has 1 nitrogen and oxygen atoms in total. The van der Waals surface area contributed by atoms with E-state index in [0.717, 1.165) is 18.6 Å². The molecule has 0 aromatic heterocycles. The maximum absolute atomic E-state index is 5.27. The van der Waals surface area contributed by atoms with Gasteiger partial charge in [0.2, 0.25) is 0 Å². The number of allylic oxidation sites excluding steroid dienone is 2. The summed E-state index contributed by atoms with van der Waals surface area (Å²) in [4.78, 5) is 0. The second-order valence-electron chi connectivity index (χ2n) is 13.3. The van der Waals surface area contributed by atoms with Crippen LogP contribution in [-0.4, -0.2) is 7.11 Å². The maximum atomic E-state index is 5.27. The molecule has 0 N–H and O–H groups in total. The van der Waals surface area contributed by atoms with Crippen molar-refractivity contribution in [2.45, 2.75) is 61.3 Å². The number of hydrogen-bond donors (Lipinski definition) is 0. The predicted octanol–water partition coefficient (Wildman–Crippen LogP) is 14.4. The van der Waals surface area contributed by atoms with Crippen LogP contribution in [0.25, 0.3) is 56.7 Å². The molecular formula is C50H52O. The van der Waals surface area contributed by atoms with Crippen LogP contribution in [0.5, 0.6) is 5.75 Å². The van der Waals surface area contributed by atoms with E-state index < -0.39 is 0 Å². The zero-order valence-electron chi connectivity index (χ0n) is 31.7. The Bertz CT molecular complexity index is 2090. The summed E-state index contributed by atoms with van der Waals surface area (Å²) in [7, 11) is 1.70. The van der Waals surface area contributed by atoms with Gasteiger partial charge in [-0.05, 0) is 137 Å². The minimum Gasteiger partial charge on any atom is -0.497 e. The topological polar surface area (TPSA) is 9.23 Å². The van der Waals surface area contributed by atoms with Crippen LogP contribution in [0, 0.1) is 34.6 Å². The van der Waals surface area contributed by atoms with Crippen molar-refractivity contribution in [3.8, 4) is 50.3 Å². The van der Waals surface area contributed by atoms with Gasteiger partial charge in [0.15, 0.2) is 0 Å². The van der Waals surface area contributed by atoms with Crippen LogP contribution in [-0.2, 0) is 0 Å². The van der Waals surface area contributed by atoms with Gasteiger partial charge in [-0.1, -0.05) is 153 Å². The van der Waals surface area contributed by atoms with Crippen molar-refractivity contribution in [2.24, 2.45) is 0 Å². The fourth-order valence-corrected chi connectivity index (χ4v) is 6.45. The van der Waals surface area contributed by atoms with Gasteiger partial charge in [-0.3, -0.25) is 0 Å². The van der Waals surface area contributed by atoms with Gasteiger partial charge in [-0.15, -0.1) is 0 Å². The second kappa shape index (κ2) is 17.5. The molecule has 0 saturated carbocycles. The van der Waals surface area contributed by atoms with Crippen LogP contribution in [0.1, 0.15) is 65.6 Å². The van der Waals surface area contributed by atoms with E-state index in [4.69, 9.17) is 4.74 Å². The third kappa shape index (κ3) is 9.04. The molecule has 1 heteroatoms. The number of hydrogen-bond acceptors (Lipinski definition) is 1. The molecule has 0 unspecified atom stereocenters. The fraction of sp³-hybridized carbons (Fsp3) is 0.200. The summed E-state index contributed by atoms with van der Waals surface area (Å²) in [6.45, 7) is 15.3. The third-order valence-corrected chi connectivity index (χ3v) is 9.87. The first kappa shape index (κ1) is 36.9. The first-order valence-corrected chi connectivity index (χ1v) is 18.2. The molecule has 0 aliphatic carbocycles. The average Bonchev–Trinajstić information content (AvgIpc) is 3.16. The first-order chi connectivity index (χ1) is 24.7. The lowest BCUT2D eigenvalue weighted by atomic mass is 9.90. The van der Waals surface area contributed by atoms with Crippen molar-refractivity contribution in [2.75, 3.05) is 7.11 Å². The SMILES string of the molecule is CC/C=C/c1ccc(-c2ccc(-c3ccc(C)cc3)c(C)c2C)cc1.CC/C=C/c1ccc(-c2ccc(-c3ccc(OC)cc3)c(C)c2C)cc1. The molecule has 6 aromatic carbocycles. The Labute approximate surface area is 307 Å². The Balaban J connectivity index is 0.000000198. The lowest BCUT2D eigenvalue weighted by molar-refractivity contribution is 0.415. The molecule has 6 aromatic rings. The Morgan fingerprint density at radius 3 is 0.980 bits per heavy atom. The van der Waals surface area contributed by atoms with Crippen LogP contribution in [0.2, 0.25) is 0 Å². The lowest BCUT2D eigenvalue weighted by Crippen LogP contribution is -1.92. The highest BCUT2D eigenvalue weighted by atomic mass is 16.5. The van der Waals surface area contributed by atoms with Crippen molar-refractivity contribution in [3.63, 3.8) is 0 Å². The Morgan fingerprint density at radius 2 is 0.686 bits per heavy atom. The van der Waals surface area contributed by atoms with E-state index in [1.807, 2.05) is 12.1 Å². The van der Waals surface area contributed by atoms with Crippen LogP contribution >= 0.6 is 0 Å². The Hall–Kier alpha value is -5.40. The minimum atomic E-state index is 0.886. The molecule has 0 heterocycles. The van der Waals surface area contributed by atoms with Crippen LogP contribution in [0.4, 0.5) is 0 Å². The fourth-order valence-electron chi connectivity index (χ4n) is 6.45. The van der Waals surface area contributed by atoms with E-state index in [0.29, 0.717) is 0 Å². The highest BCUT2D eigenvalue weighted by Gasteiger charge is 2.11. The number of aryl methyl sites for hydroxylation is 1. The van der Waals surface area contributed by atoms with Gasteiger partial charge in [0.05, 0.1) is 7.11 Å². The summed E-state index contributed by atoms with van der Waals surface area (Å²) in [6.07, 6.45) is 10.9. The van der Waals surface area contributed by atoms with E-state index in [1.165, 1.54) is 83.5 Å². The number of methoxy groups -OCH3 is 1. The molecule has 0 fully saturated rings. The van der Waals surface area contributed by atoms with Crippen molar-refractivity contribution in [1.29, 1.82) is 0 Å². The normalized spacial score (nSPS) is 11.1. The monoisotopic (exact) mass is 668 g/mol. The van der Waals surface area contributed by atoms with E-state index in [1.54, 1.807) is 7.11 Å². The highest BCUT2D eigenvalue weighted by Crippen LogP contribution is 2.35. The quantitative estimate of drug-likeness (QED) is 0.149. The molecule has 0 aliphatic heterocycles. The molecule has 0 bridgehead atoms. The third-order valence-electron chi connectivity index (χ3n) is 9.87. The number of rotatable bonds is 9. The van der Waals surface area contributed by atoms with E-state index >= 15 is 0 Å². The molecule has 6 rings (SSSR count). The molecule has 0 spiro atoms. The molecule has 51 heavy (non-hydrogen) atoms. The van der Waals surface area contributed by atoms with Crippen LogP contribution < -0.4 is 4.74 Å². The van der Waals surface area contributed by atoms with Crippen molar-refractivity contribution in [1.82, 2.24) is 0 Å². The number of benzene rings is 6. The second-order valence-corrected chi connectivity index (χ2v) is 13.3. The lowest BCUT2D eigenvalue weighted by Gasteiger charge is -2.14. The van der Waals surface area contributed by atoms with Crippen molar-refractivity contribution >= 4 is 12.2 Å². The molecule has 0 aliphatic rings. The Morgan fingerprint density at radius 1 is 0.392 bits per heavy atom. The smallest absolute Gasteiger partial charge is 0.118 e. The van der Waals surface area contributed by atoms with Crippen LogP contribution in [0.3, 0.4) is 0 Å². The minimum absolute atomic E-state index is 0.886. The van der Waals surface area contributed by atoms with Crippen molar-refractivity contribution < 1.29 is 4.74 Å². The largest absolute Gasteiger partial charge is 0.497 e. The van der Waals surface area contributed by atoms with E-state index in [-0.39, 0.29) is 0 Å². The van der Waals surface area contributed by atoms with Gasteiger partial charge in [0.25, 0.3) is 0 Å². The molecule has 0 atom stereocenters. The van der Waals surface area contributed by atoms with Gasteiger partial charge >= 0.3 is 0 Å². The van der Waals surface area contributed by atoms with Gasteiger partial charge in [0, 0.05) is 0 Å². The average molecular weight is 669 g/mol. The summed E-state index contributed by atoms with van der Waals surface area (Å²) in [5.41, 5.74) is 19.4. The van der Waals surface area contributed by atoms with Crippen LogP contribution in [0.15, 0.2) is 133 Å². The highest BCUT2D eigenvalue weighted by molar-refractivity contribution is 5.79. The maximum Gasteiger partial charge on any atom is 0.118 e. The van der Waals surface area contributed by atoms with Gasteiger partial charge in [-0.25, -0.2) is 0 Å². The molecular weight excluding hydrogens is 617 g/mol. The standard InChI is InChI=1S/C25H26O.C25H26/c1-5-6-7-20-8-10-21(11-9-20)24-16-17-25(19(3)18(24)2)22-12-14-23(26-4)15-13-22;1-5-6-7-21-10-14-23(15-11-21)25-17-16-24(19(3)20(25)4)22-12-8-18(2)9-13-22/h6-17H,5H2,1-4H3;6-17H,5H2,1-4H3/b2*7-6+.